The lowest BCUT2D eigenvalue weighted by atomic mass is 9.62. The molecule has 0 fully saturated rings. The molecule has 0 saturated carbocycles. The predicted molar refractivity (Wildman–Crippen MR) is 108 cm³/mol. The van der Waals surface area contributed by atoms with Gasteiger partial charge in [-0.1, -0.05) is 71.9 Å². The van der Waals surface area contributed by atoms with E-state index in [0.29, 0.717) is 0 Å². The Labute approximate surface area is 166 Å². The van der Waals surface area contributed by atoms with Gasteiger partial charge in [0, 0.05) is 0 Å². The number of amides is 2. The molecule has 0 aliphatic heterocycles. The van der Waals surface area contributed by atoms with Crippen LogP contribution in [0.25, 0.3) is 0 Å². The third kappa shape index (κ3) is 4.28. The fourth-order valence-corrected chi connectivity index (χ4v) is 3.27. The second-order valence-corrected chi connectivity index (χ2v) is 9.19. The molecule has 0 saturated heterocycles. The third-order valence-corrected chi connectivity index (χ3v) is 5.00. The van der Waals surface area contributed by atoms with Gasteiger partial charge in [0.2, 0.25) is 5.91 Å². The lowest BCUT2D eigenvalue weighted by Gasteiger charge is -2.47. The van der Waals surface area contributed by atoms with Gasteiger partial charge in [0.15, 0.2) is 0 Å². The van der Waals surface area contributed by atoms with Crippen molar-refractivity contribution in [2.24, 2.45) is 16.7 Å². The Bertz CT molecular complexity index is 828. The van der Waals surface area contributed by atoms with Crippen LogP contribution in [0, 0.1) is 16.7 Å². The zero-order chi connectivity index (χ0) is 21.3. The minimum absolute atomic E-state index is 0.0648. The second-order valence-electron chi connectivity index (χ2n) is 9.19. The predicted octanol–water partition coefficient (Wildman–Crippen LogP) is 3.09. The highest BCUT2D eigenvalue weighted by Gasteiger charge is 2.47. The number of carbonyl (C=O) groups is 2. The Hall–Kier alpha value is -2.60. The molecule has 6 nitrogen and oxygen atoms in total. The molecule has 4 N–H and O–H groups in total. The SMILES string of the molecule is CC(C)(C)C1=CC(C(=O)NNC(=O)c2ccccc2O)C=CC1(O)C(C)(C)C. The number of para-hydroxylation sites is 1. The number of carbonyl (C=O) groups excluding carboxylic acids is 2. The van der Waals surface area contributed by atoms with Crippen LogP contribution in [0.15, 0.2) is 48.1 Å². The maximum absolute atomic E-state index is 12.6. The summed E-state index contributed by atoms with van der Waals surface area (Å²) in [4.78, 5) is 24.7. The van der Waals surface area contributed by atoms with E-state index < -0.39 is 28.7 Å². The molecule has 6 heteroatoms. The molecule has 2 rings (SSSR count). The fraction of sp³-hybridized carbons (Fsp3) is 0.455. The van der Waals surface area contributed by atoms with E-state index in [1.807, 2.05) is 41.5 Å². The normalized spacial score (nSPS) is 22.4. The summed E-state index contributed by atoms with van der Waals surface area (Å²) in [5, 5.41) is 21.0. The highest BCUT2D eigenvalue weighted by molar-refractivity contribution is 5.98. The number of nitrogens with one attached hydrogen (secondary N) is 2. The summed E-state index contributed by atoms with van der Waals surface area (Å²) >= 11 is 0. The van der Waals surface area contributed by atoms with Crippen LogP contribution in [0.3, 0.4) is 0 Å². The number of benzene rings is 1. The molecule has 1 aliphatic rings. The molecule has 0 aromatic heterocycles. The quantitative estimate of drug-likeness (QED) is 0.464. The molecular weight excluding hydrogens is 356 g/mol. The van der Waals surface area contributed by atoms with Gasteiger partial charge in [0.05, 0.1) is 11.5 Å². The first kappa shape index (κ1) is 21.7. The topological polar surface area (TPSA) is 98.7 Å². The summed E-state index contributed by atoms with van der Waals surface area (Å²) in [7, 11) is 0. The van der Waals surface area contributed by atoms with Gasteiger partial charge in [-0.3, -0.25) is 20.4 Å². The molecule has 2 amide bonds. The van der Waals surface area contributed by atoms with Crippen LogP contribution in [0.4, 0.5) is 0 Å². The Balaban J connectivity index is 2.18. The van der Waals surface area contributed by atoms with Crippen LogP contribution in [-0.2, 0) is 4.79 Å². The zero-order valence-electron chi connectivity index (χ0n) is 17.3. The van der Waals surface area contributed by atoms with Crippen LogP contribution in [0.2, 0.25) is 0 Å². The van der Waals surface area contributed by atoms with E-state index in [9.17, 15) is 19.8 Å². The van der Waals surface area contributed by atoms with Gasteiger partial charge in [-0.2, -0.15) is 0 Å². The highest BCUT2D eigenvalue weighted by Crippen LogP contribution is 2.47. The zero-order valence-corrected chi connectivity index (χ0v) is 17.3. The number of aliphatic hydroxyl groups is 1. The molecule has 152 valence electrons. The summed E-state index contributed by atoms with van der Waals surface area (Å²) in [5.74, 6) is -1.85. The first-order valence-corrected chi connectivity index (χ1v) is 9.30. The first-order valence-electron chi connectivity index (χ1n) is 9.30. The average Bonchev–Trinajstić information content (AvgIpc) is 2.58. The number of hydrogen-bond acceptors (Lipinski definition) is 4. The van der Waals surface area contributed by atoms with Crippen molar-refractivity contribution in [3.63, 3.8) is 0 Å². The van der Waals surface area contributed by atoms with E-state index in [1.165, 1.54) is 12.1 Å². The van der Waals surface area contributed by atoms with Crippen molar-refractivity contribution in [1.82, 2.24) is 10.9 Å². The molecule has 1 aromatic rings. The van der Waals surface area contributed by atoms with Crippen LogP contribution in [0.1, 0.15) is 51.9 Å². The molecule has 0 bridgehead atoms. The van der Waals surface area contributed by atoms with Crippen LogP contribution >= 0.6 is 0 Å². The summed E-state index contributed by atoms with van der Waals surface area (Å²) in [6.45, 7) is 11.8. The van der Waals surface area contributed by atoms with Gasteiger partial charge in [-0.15, -0.1) is 0 Å². The van der Waals surface area contributed by atoms with Gasteiger partial charge < -0.3 is 10.2 Å². The number of phenolic OH excluding ortho intramolecular Hbond substituents is 1. The van der Waals surface area contributed by atoms with Crippen LogP contribution in [0.5, 0.6) is 5.75 Å². The second kappa shape index (κ2) is 7.43. The number of phenols is 1. The Morgan fingerprint density at radius 3 is 2.18 bits per heavy atom. The van der Waals surface area contributed by atoms with Crippen molar-refractivity contribution < 1.29 is 19.8 Å². The number of hydrogen-bond donors (Lipinski definition) is 4. The van der Waals surface area contributed by atoms with Crippen molar-refractivity contribution in [3.8, 4) is 5.75 Å². The largest absolute Gasteiger partial charge is 0.507 e. The number of rotatable bonds is 2. The number of aromatic hydroxyl groups is 1. The van der Waals surface area contributed by atoms with Crippen molar-refractivity contribution in [2.75, 3.05) is 0 Å². The van der Waals surface area contributed by atoms with Crippen molar-refractivity contribution in [2.45, 2.75) is 47.1 Å². The van der Waals surface area contributed by atoms with Crippen molar-refractivity contribution in [1.29, 1.82) is 0 Å². The smallest absolute Gasteiger partial charge is 0.273 e. The Morgan fingerprint density at radius 2 is 1.64 bits per heavy atom. The minimum atomic E-state index is -1.18. The standard InChI is InChI=1S/C22H30N2O4/c1-20(2,3)17-13-14(11-12-22(17,28)21(4,5)6)18(26)23-24-19(27)15-9-7-8-10-16(15)25/h7-14,25,28H,1-6H3,(H,23,26)(H,24,27). The maximum atomic E-state index is 12.6. The Morgan fingerprint density at radius 1 is 1.04 bits per heavy atom. The van der Waals surface area contributed by atoms with Gasteiger partial charge in [0.1, 0.15) is 11.4 Å². The van der Waals surface area contributed by atoms with E-state index in [-0.39, 0.29) is 16.7 Å². The summed E-state index contributed by atoms with van der Waals surface area (Å²) in [5.41, 5.74) is 3.53. The first-order chi connectivity index (χ1) is 12.8. The number of hydrazine groups is 1. The molecule has 1 aliphatic carbocycles. The molecule has 2 unspecified atom stereocenters. The molecule has 0 heterocycles. The van der Waals surface area contributed by atoms with Crippen LogP contribution < -0.4 is 10.9 Å². The molecule has 28 heavy (non-hydrogen) atoms. The van der Waals surface area contributed by atoms with E-state index in [4.69, 9.17) is 0 Å². The van der Waals surface area contributed by atoms with E-state index in [2.05, 4.69) is 10.9 Å². The third-order valence-electron chi connectivity index (χ3n) is 5.00. The van der Waals surface area contributed by atoms with Crippen molar-refractivity contribution >= 4 is 11.8 Å². The summed E-state index contributed by atoms with van der Waals surface area (Å²) < 4.78 is 0. The van der Waals surface area contributed by atoms with Crippen LogP contribution in [-0.4, -0.2) is 27.6 Å². The summed E-state index contributed by atoms with van der Waals surface area (Å²) in [6, 6.07) is 6.07. The summed E-state index contributed by atoms with van der Waals surface area (Å²) in [6.07, 6.45) is 5.07. The molecule has 0 spiro atoms. The molecule has 1 aromatic carbocycles. The minimum Gasteiger partial charge on any atom is -0.507 e. The van der Waals surface area contributed by atoms with Gasteiger partial charge in [-0.05, 0) is 28.5 Å². The Kier molecular flexibility index (Phi) is 5.76. The fourth-order valence-electron chi connectivity index (χ4n) is 3.27. The highest BCUT2D eigenvalue weighted by atomic mass is 16.3. The molecular formula is C22H30N2O4. The molecule has 2 atom stereocenters. The monoisotopic (exact) mass is 386 g/mol. The van der Waals surface area contributed by atoms with Gasteiger partial charge in [-0.25, -0.2) is 0 Å². The van der Waals surface area contributed by atoms with E-state index >= 15 is 0 Å². The maximum Gasteiger partial charge on any atom is 0.273 e. The van der Waals surface area contributed by atoms with E-state index in [1.54, 1.807) is 30.4 Å². The van der Waals surface area contributed by atoms with E-state index in [0.717, 1.165) is 5.57 Å². The molecule has 0 radical (unpaired) electrons. The lowest BCUT2D eigenvalue weighted by molar-refractivity contribution is -0.123. The van der Waals surface area contributed by atoms with Gasteiger partial charge in [0.25, 0.3) is 5.91 Å². The lowest BCUT2D eigenvalue weighted by Crippen LogP contribution is -2.50. The van der Waals surface area contributed by atoms with Gasteiger partial charge >= 0.3 is 0 Å². The average molecular weight is 386 g/mol. The van der Waals surface area contributed by atoms with Crippen molar-refractivity contribution in [3.05, 3.63) is 53.6 Å².